The van der Waals surface area contributed by atoms with E-state index in [1.54, 1.807) is 0 Å². The maximum atomic E-state index is 9.97. The van der Waals surface area contributed by atoms with Crippen LogP contribution in [0.5, 0.6) is 0 Å². The number of aliphatic hydroxyl groups excluding tert-OH is 1. The van der Waals surface area contributed by atoms with Crippen LogP contribution < -0.4 is 0 Å². The predicted molar refractivity (Wildman–Crippen MR) is 79.4 cm³/mol. The molecule has 21 heavy (non-hydrogen) atoms. The van der Waals surface area contributed by atoms with Gasteiger partial charge in [-0.25, -0.2) is 0 Å². The van der Waals surface area contributed by atoms with Crippen molar-refractivity contribution in [3.63, 3.8) is 0 Å². The van der Waals surface area contributed by atoms with Gasteiger partial charge in [-0.15, -0.1) is 0 Å². The van der Waals surface area contributed by atoms with Crippen LogP contribution in [0.1, 0.15) is 25.8 Å². The van der Waals surface area contributed by atoms with Crippen LogP contribution in [0.3, 0.4) is 0 Å². The van der Waals surface area contributed by atoms with Crippen LogP contribution in [-0.2, 0) is 20.8 Å². The topological polar surface area (TPSA) is 47.9 Å². The maximum Gasteiger partial charge on any atom is 0.163 e. The molecule has 1 aliphatic heterocycles. The SMILES string of the molecule is CC1(C)OC[C@H](C(O)CC#CCOCc2ccccc2)O1. The molecule has 0 spiro atoms. The summed E-state index contributed by atoms with van der Waals surface area (Å²) in [6.07, 6.45) is -0.577. The molecule has 0 saturated carbocycles. The van der Waals surface area contributed by atoms with Gasteiger partial charge >= 0.3 is 0 Å². The number of hydrogen-bond acceptors (Lipinski definition) is 4. The third-order valence-electron chi connectivity index (χ3n) is 3.18. The number of benzene rings is 1. The molecule has 0 aliphatic carbocycles. The Morgan fingerprint density at radius 3 is 2.76 bits per heavy atom. The van der Waals surface area contributed by atoms with Crippen molar-refractivity contribution in [3.05, 3.63) is 35.9 Å². The van der Waals surface area contributed by atoms with Crippen molar-refractivity contribution in [3.8, 4) is 11.8 Å². The molecule has 1 aliphatic rings. The molecule has 0 amide bonds. The first-order valence-corrected chi connectivity index (χ1v) is 7.14. The molecule has 1 saturated heterocycles. The lowest BCUT2D eigenvalue weighted by Gasteiger charge is -2.19. The molecule has 2 rings (SSSR count). The molecule has 4 heteroatoms. The minimum absolute atomic E-state index is 0.306. The monoisotopic (exact) mass is 290 g/mol. The Morgan fingerprint density at radius 1 is 1.33 bits per heavy atom. The first-order chi connectivity index (χ1) is 10.1. The van der Waals surface area contributed by atoms with Crippen molar-refractivity contribution in [1.29, 1.82) is 0 Å². The number of rotatable bonds is 5. The first kappa shape index (κ1) is 16.0. The summed E-state index contributed by atoms with van der Waals surface area (Å²) in [5.41, 5.74) is 1.12. The zero-order valence-corrected chi connectivity index (χ0v) is 12.5. The van der Waals surface area contributed by atoms with Crippen LogP contribution in [0, 0.1) is 11.8 Å². The maximum absolute atomic E-state index is 9.97. The highest BCUT2D eigenvalue weighted by molar-refractivity contribution is 5.13. The average molecular weight is 290 g/mol. The van der Waals surface area contributed by atoms with Gasteiger partial charge in [0, 0.05) is 6.42 Å². The minimum Gasteiger partial charge on any atom is -0.389 e. The van der Waals surface area contributed by atoms with Gasteiger partial charge in [0.1, 0.15) is 12.7 Å². The second kappa shape index (κ2) is 7.58. The van der Waals surface area contributed by atoms with Crippen LogP contribution in [0.25, 0.3) is 0 Å². The van der Waals surface area contributed by atoms with Gasteiger partial charge < -0.3 is 19.3 Å². The molecule has 1 aromatic carbocycles. The Labute approximate surface area is 126 Å². The van der Waals surface area contributed by atoms with Crippen LogP contribution in [0.4, 0.5) is 0 Å². The molecule has 1 aromatic rings. The van der Waals surface area contributed by atoms with Gasteiger partial charge in [-0.3, -0.25) is 0 Å². The average Bonchev–Trinajstić information content (AvgIpc) is 2.84. The lowest BCUT2D eigenvalue weighted by atomic mass is 10.1. The minimum atomic E-state index is -0.631. The van der Waals surface area contributed by atoms with Crippen LogP contribution in [0.2, 0.25) is 0 Å². The smallest absolute Gasteiger partial charge is 0.163 e. The summed E-state index contributed by atoms with van der Waals surface area (Å²) in [5, 5.41) is 9.97. The summed E-state index contributed by atoms with van der Waals surface area (Å²) >= 11 is 0. The standard InChI is InChI=1S/C17H22O4/c1-17(2)20-13-16(21-17)15(18)10-6-7-11-19-12-14-8-4-3-5-9-14/h3-5,8-9,15-16,18H,10-13H2,1-2H3/t15?,16-/m1/s1. The van der Waals surface area contributed by atoms with E-state index in [4.69, 9.17) is 14.2 Å². The molecule has 0 aromatic heterocycles. The molecule has 4 nitrogen and oxygen atoms in total. The Kier molecular flexibility index (Phi) is 5.77. The summed E-state index contributed by atoms with van der Waals surface area (Å²) in [6.45, 7) is 4.98. The molecule has 114 valence electrons. The molecule has 1 N–H and O–H groups in total. The molecular formula is C17H22O4. The zero-order valence-electron chi connectivity index (χ0n) is 12.5. The van der Waals surface area contributed by atoms with Gasteiger partial charge in [-0.1, -0.05) is 42.2 Å². The first-order valence-electron chi connectivity index (χ1n) is 7.14. The summed E-state index contributed by atoms with van der Waals surface area (Å²) in [4.78, 5) is 0. The fraction of sp³-hybridized carbons (Fsp3) is 0.529. The summed E-state index contributed by atoms with van der Waals surface area (Å²) in [7, 11) is 0. The molecule has 2 atom stereocenters. The van der Waals surface area contributed by atoms with Crippen molar-refractivity contribution < 1.29 is 19.3 Å². The van der Waals surface area contributed by atoms with E-state index >= 15 is 0 Å². The third-order valence-corrected chi connectivity index (χ3v) is 3.18. The van der Waals surface area contributed by atoms with E-state index in [2.05, 4.69) is 11.8 Å². The van der Waals surface area contributed by atoms with E-state index in [0.29, 0.717) is 26.2 Å². The summed E-state index contributed by atoms with van der Waals surface area (Å²) in [5.74, 6) is 5.20. The Balaban J connectivity index is 1.63. The van der Waals surface area contributed by atoms with Crippen molar-refractivity contribution in [2.24, 2.45) is 0 Å². The fourth-order valence-electron chi connectivity index (χ4n) is 2.06. The van der Waals surface area contributed by atoms with E-state index in [-0.39, 0.29) is 6.10 Å². The van der Waals surface area contributed by atoms with Crippen molar-refractivity contribution in [1.82, 2.24) is 0 Å². The molecule has 1 unspecified atom stereocenters. The quantitative estimate of drug-likeness (QED) is 0.666. The van der Waals surface area contributed by atoms with E-state index in [1.165, 1.54) is 0 Å². The Hall–Kier alpha value is -1.38. The van der Waals surface area contributed by atoms with Gasteiger partial charge in [0.15, 0.2) is 5.79 Å². The number of ether oxygens (including phenoxy) is 3. The van der Waals surface area contributed by atoms with Gasteiger partial charge in [0.05, 0.1) is 19.3 Å². The van der Waals surface area contributed by atoms with Crippen molar-refractivity contribution in [2.75, 3.05) is 13.2 Å². The number of aliphatic hydroxyl groups is 1. The lowest BCUT2D eigenvalue weighted by molar-refractivity contribution is -0.150. The van der Waals surface area contributed by atoms with Crippen LogP contribution in [-0.4, -0.2) is 36.3 Å². The molecule has 1 fully saturated rings. The highest BCUT2D eigenvalue weighted by Gasteiger charge is 2.36. The predicted octanol–water partition coefficient (Wildman–Crippen LogP) is 2.11. The molecular weight excluding hydrogens is 268 g/mol. The van der Waals surface area contributed by atoms with E-state index in [1.807, 2.05) is 44.2 Å². The fourth-order valence-corrected chi connectivity index (χ4v) is 2.06. The second-order valence-corrected chi connectivity index (χ2v) is 5.47. The summed E-state index contributed by atoms with van der Waals surface area (Å²) < 4.78 is 16.4. The Morgan fingerprint density at radius 2 is 2.10 bits per heavy atom. The number of hydrogen-bond donors (Lipinski definition) is 1. The van der Waals surface area contributed by atoms with Gasteiger partial charge in [-0.05, 0) is 19.4 Å². The highest BCUT2D eigenvalue weighted by Crippen LogP contribution is 2.24. The van der Waals surface area contributed by atoms with Crippen molar-refractivity contribution in [2.45, 2.75) is 44.9 Å². The lowest BCUT2D eigenvalue weighted by Crippen LogP contribution is -2.30. The molecule has 0 bridgehead atoms. The van der Waals surface area contributed by atoms with Crippen molar-refractivity contribution >= 4 is 0 Å². The van der Waals surface area contributed by atoms with Gasteiger partial charge in [0.2, 0.25) is 0 Å². The molecule has 0 radical (unpaired) electrons. The normalized spacial score (nSPS) is 21.6. The largest absolute Gasteiger partial charge is 0.389 e. The van der Waals surface area contributed by atoms with E-state index < -0.39 is 11.9 Å². The Bertz CT molecular complexity index is 487. The van der Waals surface area contributed by atoms with Gasteiger partial charge in [-0.2, -0.15) is 0 Å². The van der Waals surface area contributed by atoms with E-state index in [9.17, 15) is 5.11 Å². The second-order valence-electron chi connectivity index (χ2n) is 5.47. The van der Waals surface area contributed by atoms with Gasteiger partial charge in [0.25, 0.3) is 0 Å². The third kappa shape index (κ3) is 5.49. The highest BCUT2D eigenvalue weighted by atomic mass is 16.7. The summed E-state index contributed by atoms with van der Waals surface area (Å²) in [6, 6.07) is 9.95. The zero-order chi connectivity index (χ0) is 15.1. The van der Waals surface area contributed by atoms with Crippen LogP contribution in [0.15, 0.2) is 30.3 Å². The van der Waals surface area contributed by atoms with E-state index in [0.717, 1.165) is 5.56 Å². The molecule has 1 heterocycles. The van der Waals surface area contributed by atoms with Crippen LogP contribution >= 0.6 is 0 Å².